The molecule has 0 atom stereocenters. The number of sulfonamides is 1. The average molecular weight is 328 g/mol. The second-order valence-electron chi connectivity index (χ2n) is 4.99. The summed E-state index contributed by atoms with van der Waals surface area (Å²) in [4.78, 5) is 1.16. The largest absolute Gasteiger partial charge is 0.310 e. The van der Waals surface area contributed by atoms with Gasteiger partial charge in [-0.2, -0.15) is 5.10 Å². The summed E-state index contributed by atoms with van der Waals surface area (Å²) in [7, 11) is -3.55. The minimum absolute atomic E-state index is 0.141. The molecular weight excluding hydrogens is 308 g/mol. The topological polar surface area (TPSA) is 86.9 Å². The highest BCUT2D eigenvalue weighted by Crippen LogP contribution is 2.13. The van der Waals surface area contributed by atoms with Crippen LogP contribution in [0.1, 0.15) is 24.3 Å². The van der Waals surface area contributed by atoms with Gasteiger partial charge in [0.2, 0.25) is 0 Å². The van der Waals surface area contributed by atoms with Crippen molar-refractivity contribution in [3.05, 3.63) is 34.2 Å². The van der Waals surface area contributed by atoms with Crippen molar-refractivity contribution < 1.29 is 8.42 Å². The van der Waals surface area contributed by atoms with E-state index in [4.69, 9.17) is 0 Å². The molecule has 0 aromatic carbocycles. The Morgan fingerprint density at radius 1 is 1.43 bits per heavy atom. The lowest BCUT2D eigenvalue weighted by molar-refractivity contribution is 0.565. The zero-order valence-corrected chi connectivity index (χ0v) is 13.7. The molecule has 0 bridgehead atoms. The molecule has 0 saturated carbocycles. The molecule has 0 fully saturated rings. The smallest absolute Gasteiger partial charge is 0.257 e. The van der Waals surface area contributed by atoms with Crippen LogP contribution in [-0.2, 0) is 23.0 Å². The van der Waals surface area contributed by atoms with Gasteiger partial charge in [0.05, 0.1) is 6.20 Å². The predicted octanol–water partition coefficient (Wildman–Crippen LogP) is 1.49. The average Bonchev–Trinajstić information content (AvgIpc) is 3.07. The number of aromatic amines is 1. The van der Waals surface area contributed by atoms with Crippen LogP contribution in [0.3, 0.4) is 0 Å². The third-order valence-electron chi connectivity index (χ3n) is 2.89. The lowest BCUT2D eigenvalue weighted by Crippen LogP contribution is -2.28. The molecule has 116 valence electrons. The SMILES string of the molecule is CC(C)NCc1cn[nH]c1S(=O)(=O)NCCc1cccs1. The number of nitrogens with one attached hydrogen (secondary N) is 3. The van der Waals surface area contributed by atoms with Gasteiger partial charge in [-0.1, -0.05) is 19.9 Å². The van der Waals surface area contributed by atoms with Gasteiger partial charge in [-0.3, -0.25) is 5.10 Å². The van der Waals surface area contributed by atoms with Crippen LogP contribution in [0.2, 0.25) is 0 Å². The molecule has 0 unspecified atom stereocenters. The van der Waals surface area contributed by atoms with E-state index in [-0.39, 0.29) is 11.1 Å². The summed E-state index contributed by atoms with van der Waals surface area (Å²) >= 11 is 1.62. The van der Waals surface area contributed by atoms with Crippen LogP contribution < -0.4 is 10.0 Å². The number of rotatable bonds is 8. The zero-order chi connectivity index (χ0) is 15.3. The fourth-order valence-corrected chi connectivity index (χ4v) is 3.67. The van der Waals surface area contributed by atoms with Crippen LogP contribution in [0.5, 0.6) is 0 Å². The van der Waals surface area contributed by atoms with Crippen LogP contribution in [0, 0.1) is 0 Å². The molecule has 0 aliphatic heterocycles. The standard InChI is InChI=1S/C13H20N4O2S2/c1-10(2)14-8-11-9-15-17-13(11)21(18,19)16-6-5-12-4-3-7-20-12/h3-4,7,9-10,14,16H,5-6,8H2,1-2H3,(H,15,17). The highest BCUT2D eigenvalue weighted by atomic mass is 32.2. The number of hydrogen-bond acceptors (Lipinski definition) is 5. The van der Waals surface area contributed by atoms with E-state index < -0.39 is 10.0 Å². The minimum atomic E-state index is -3.55. The number of H-pyrrole nitrogens is 1. The number of thiophene rings is 1. The lowest BCUT2D eigenvalue weighted by atomic mass is 10.3. The third-order valence-corrected chi connectivity index (χ3v) is 5.30. The maximum Gasteiger partial charge on any atom is 0.257 e. The van der Waals surface area contributed by atoms with E-state index in [1.54, 1.807) is 17.5 Å². The molecule has 0 aliphatic rings. The Balaban J connectivity index is 1.97. The van der Waals surface area contributed by atoms with Crippen LogP contribution >= 0.6 is 11.3 Å². The van der Waals surface area contributed by atoms with Crippen molar-refractivity contribution in [2.45, 2.75) is 37.9 Å². The number of aromatic nitrogens is 2. The molecule has 0 radical (unpaired) electrons. The summed E-state index contributed by atoms with van der Waals surface area (Å²) in [5.74, 6) is 0. The maximum atomic E-state index is 12.3. The van der Waals surface area contributed by atoms with Gasteiger partial charge >= 0.3 is 0 Å². The van der Waals surface area contributed by atoms with Gasteiger partial charge in [0.15, 0.2) is 5.03 Å². The Hall–Kier alpha value is -1.22. The van der Waals surface area contributed by atoms with Crippen LogP contribution in [0.4, 0.5) is 0 Å². The normalized spacial score (nSPS) is 12.1. The van der Waals surface area contributed by atoms with Crippen molar-refractivity contribution in [3.8, 4) is 0 Å². The first-order chi connectivity index (χ1) is 9.99. The molecule has 0 aliphatic carbocycles. The second kappa shape index (κ2) is 7.17. The number of hydrogen-bond donors (Lipinski definition) is 3. The van der Waals surface area contributed by atoms with Crippen molar-refractivity contribution >= 4 is 21.4 Å². The molecule has 0 amide bonds. The molecule has 2 aromatic rings. The van der Waals surface area contributed by atoms with Crippen molar-refractivity contribution in [2.24, 2.45) is 0 Å². The van der Waals surface area contributed by atoms with Gasteiger partial charge in [-0.25, -0.2) is 13.1 Å². The molecule has 2 rings (SSSR count). The summed E-state index contributed by atoms with van der Waals surface area (Å²) in [5.41, 5.74) is 0.646. The molecule has 2 aromatic heterocycles. The van der Waals surface area contributed by atoms with Gasteiger partial charge in [0.25, 0.3) is 10.0 Å². The molecule has 3 N–H and O–H groups in total. The molecule has 0 saturated heterocycles. The lowest BCUT2D eigenvalue weighted by Gasteiger charge is -2.09. The van der Waals surface area contributed by atoms with Crippen LogP contribution in [0.25, 0.3) is 0 Å². The molecule has 21 heavy (non-hydrogen) atoms. The predicted molar refractivity (Wildman–Crippen MR) is 83.8 cm³/mol. The Morgan fingerprint density at radius 3 is 2.90 bits per heavy atom. The van der Waals surface area contributed by atoms with Gasteiger partial charge < -0.3 is 5.32 Å². The molecule has 2 heterocycles. The third kappa shape index (κ3) is 4.63. The Labute approximate surface area is 129 Å². The summed E-state index contributed by atoms with van der Waals surface area (Å²) in [6.45, 7) is 4.86. The monoisotopic (exact) mass is 328 g/mol. The Bertz CT molecular complexity index is 648. The molecular formula is C13H20N4O2S2. The van der Waals surface area contributed by atoms with E-state index in [9.17, 15) is 8.42 Å². The Morgan fingerprint density at radius 2 is 2.24 bits per heavy atom. The van der Waals surface area contributed by atoms with E-state index >= 15 is 0 Å². The van der Waals surface area contributed by atoms with E-state index in [0.717, 1.165) is 4.88 Å². The van der Waals surface area contributed by atoms with Crippen molar-refractivity contribution in [1.82, 2.24) is 20.2 Å². The van der Waals surface area contributed by atoms with Gasteiger partial charge in [0, 0.05) is 29.6 Å². The molecule has 6 nitrogen and oxygen atoms in total. The fraction of sp³-hybridized carbons (Fsp3) is 0.462. The second-order valence-corrected chi connectivity index (χ2v) is 7.72. The maximum absolute atomic E-state index is 12.3. The zero-order valence-electron chi connectivity index (χ0n) is 12.1. The van der Waals surface area contributed by atoms with Gasteiger partial charge in [-0.05, 0) is 17.9 Å². The Kier molecular flexibility index (Phi) is 5.51. The molecule has 0 spiro atoms. The highest BCUT2D eigenvalue weighted by Gasteiger charge is 2.20. The van der Waals surface area contributed by atoms with E-state index in [1.807, 2.05) is 31.4 Å². The minimum Gasteiger partial charge on any atom is -0.310 e. The quantitative estimate of drug-likeness (QED) is 0.685. The first kappa shape index (κ1) is 16.2. The first-order valence-corrected chi connectivity index (χ1v) is 9.13. The van der Waals surface area contributed by atoms with Gasteiger partial charge in [0.1, 0.15) is 0 Å². The fourth-order valence-electron chi connectivity index (χ4n) is 1.81. The van der Waals surface area contributed by atoms with E-state index in [0.29, 0.717) is 25.1 Å². The molecule has 8 heteroatoms. The van der Waals surface area contributed by atoms with Crippen molar-refractivity contribution in [1.29, 1.82) is 0 Å². The summed E-state index contributed by atoms with van der Waals surface area (Å²) in [5, 5.41) is 11.7. The van der Waals surface area contributed by atoms with Crippen molar-refractivity contribution in [2.75, 3.05) is 6.54 Å². The summed E-state index contributed by atoms with van der Waals surface area (Å²) < 4.78 is 27.2. The van der Waals surface area contributed by atoms with Crippen molar-refractivity contribution in [3.63, 3.8) is 0 Å². The number of nitrogens with zero attached hydrogens (tertiary/aromatic N) is 1. The highest BCUT2D eigenvalue weighted by molar-refractivity contribution is 7.89. The van der Waals surface area contributed by atoms with E-state index in [1.165, 1.54) is 0 Å². The van der Waals surface area contributed by atoms with Crippen LogP contribution in [-0.4, -0.2) is 31.2 Å². The van der Waals surface area contributed by atoms with Crippen LogP contribution in [0.15, 0.2) is 28.7 Å². The summed E-state index contributed by atoms with van der Waals surface area (Å²) in [6, 6.07) is 4.23. The van der Waals surface area contributed by atoms with E-state index in [2.05, 4.69) is 20.2 Å². The first-order valence-electron chi connectivity index (χ1n) is 6.76. The summed E-state index contributed by atoms with van der Waals surface area (Å²) in [6.07, 6.45) is 2.23. The van der Waals surface area contributed by atoms with Gasteiger partial charge in [-0.15, -0.1) is 11.3 Å².